The van der Waals surface area contributed by atoms with Crippen molar-refractivity contribution in [2.24, 2.45) is 4.99 Å². The summed E-state index contributed by atoms with van der Waals surface area (Å²) in [7, 11) is 1.79. The summed E-state index contributed by atoms with van der Waals surface area (Å²) in [6.45, 7) is 7.07. The molecule has 1 aliphatic rings. The van der Waals surface area contributed by atoms with E-state index in [1.54, 1.807) is 7.05 Å². The summed E-state index contributed by atoms with van der Waals surface area (Å²) in [4.78, 5) is 8.48. The van der Waals surface area contributed by atoms with Gasteiger partial charge in [0.2, 0.25) is 0 Å². The molecule has 0 saturated carbocycles. The summed E-state index contributed by atoms with van der Waals surface area (Å²) in [5.74, 6) is 1.69. The Hall–Kier alpha value is -2.60. The zero-order chi connectivity index (χ0) is 20.5. The van der Waals surface area contributed by atoms with Crippen molar-refractivity contribution in [3.05, 3.63) is 58.9 Å². The molecule has 1 atom stereocenters. The predicted molar refractivity (Wildman–Crippen MR) is 117 cm³/mol. The molecule has 156 valence electrons. The minimum absolute atomic E-state index is 0.211. The molecule has 2 aromatic rings. The van der Waals surface area contributed by atoms with Gasteiger partial charge in [-0.25, -0.2) is 0 Å². The molecule has 1 saturated heterocycles. The van der Waals surface area contributed by atoms with Crippen LogP contribution in [0, 0.1) is 13.8 Å². The van der Waals surface area contributed by atoms with Gasteiger partial charge in [0, 0.05) is 44.7 Å². The standard InChI is InChI=1S/C23H32N4O2/c1-17-6-7-20(22(13-17)29-16-21-5-4-12-28-21)15-27-23(24-3)26-11-9-19-8-10-25-14-18(19)2/h6-8,10,13-14,21H,4-5,9,11-12,15-16H2,1-3H3,(H2,24,26,27). The Morgan fingerprint density at radius 2 is 2.14 bits per heavy atom. The molecule has 0 aliphatic carbocycles. The van der Waals surface area contributed by atoms with Crippen LogP contribution in [0.5, 0.6) is 5.75 Å². The van der Waals surface area contributed by atoms with Crippen LogP contribution in [0.2, 0.25) is 0 Å². The molecule has 2 heterocycles. The van der Waals surface area contributed by atoms with E-state index >= 15 is 0 Å². The van der Waals surface area contributed by atoms with Gasteiger partial charge < -0.3 is 20.1 Å². The number of aliphatic imine (C=N–C) groups is 1. The van der Waals surface area contributed by atoms with Crippen molar-refractivity contribution in [3.8, 4) is 5.75 Å². The largest absolute Gasteiger partial charge is 0.491 e. The molecule has 6 nitrogen and oxygen atoms in total. The normalized spacial score (nSPS) is 16.7. The maximum Gasteiger partial charge on any atom is 0.191 e. The quantitative estimate of drug-likeness (QED) is 0.530. The first-order valence-corrected chi connectivity index (χ1v) is 10.3. The first-order valence-electron chi connectivity index (χ1n) is 10.3. The second kappa shape index (κ2) is 10.8. The Bertz CT molecular complexity index is 816. The number of rotatable bonds is 8. The maximum atomic E-state index is 6.09. The van der Waals surface area contributed by atoms with Crippen molar-refractivity contribution in [1.82, 2.24) is 15.6 Å². The van der Waals surface area contributed by atoms with Crippen LogP contribution in [0.1, 0.15) is 35.1 Å². The van der Waals surface area contributed by atoms with Gasteiger partial charge in [-0.05, 0) is 61.9 Å². The third-order valence-corrected chi connectivity index (χ3v) is 5.16. The monoisotopic (exact) mass is 396 g/mol. The lowest BCUT2D eigenvalue weighted by Crippen LogP contribution is -2.38. The van der Waals surface area contributed by atoms with E-state index in [1.807, 2.05) is 12.4 Å². The van der Waals surface area contributed by atoms with Crippen LogP contribution in [-0.2, 0) is 17.7 Å². The summed E-state index contributed by atoms with van der Waals surface area (Å²) in [5, 5.41) is 6.77. The molecule has 1 unspecified atom stereocenters. The van der Waals surface area contributed by atoms with Gasteiger partial charge in [0.1, 0.15) is 12.4 Å². The number of benzene rings is 1. The first kappa shape index (κ1) is 21.1. The van der Waals surface area contributed by atoms with Gasteiger partial charge in [0.25, 0.3) is 0 Å². The molecule has 1 aliphatic heterocycles. The minimum atomic E-state index is 0.211. The molecule has 3 rings (SSSR count). The van der Waals surface area contributed by atoms with E-state index in [-0.39, 0.29) is 6.10 Å². The predicted octanol–water partition coefficient (Wildman–Crippen LogP) is 3.16. The van der Waals surface area contributed by atoms with Gasteiger partial charge >= 0.3 is 0 Å². The van der Waals surface area contributed by atoms with Gasteiger partial charge in [-0.2, -0.15) is 0 Å². The second-order valence-corrected chi connectivity index (χ2v) is 7.46. The number of ether oxygens (including phenoxy) is 2. The molecule has 1 fully saturated rings. The topological polar surface area (TPSA) is 67.8 Å². The smallest absolute Gasteiger partial charge is 0.191 e. The molecule has 1 aromatic carbocycles. The lowest BCUT2D eigenvalue weighted by atomic mass is 10.1. The average Bonchev–Trinajstić information content (AvgIpc) is 3.25. The fraction of sp³-hybridized carbons (Fsp3) is 0.478. The summed E-state index contributed by atoms with van der Waals surface area (Å²) in [6.07, 6.45) is 7.07. The van der Waals surface area contributed by atoms with E-state index in [2.05, 4.69) is 58.7 Å². The van der Waals surface area contributed by atoms with Crippen LogP contribution in [0.3, 0.4) is 0 Å². The van der Waals surface area contributed by atoms with Crippen LogP contribution >= 0.6 is 0 Å². The molecular formula is C23H32N4O2. The highest BCUT2D eigenvalue weighted by Crippen LogP contribution is 2.22. The number of hydrogen-bond acceptors (Lipinski definition) is 4. The van der Waals surface area contributed by atoms with E-state index in [1.165, 1.54) is 16.7 Å². The van der Waals surface area contributed by atoms with Crippen LogP contribution in [0.15, 0.2) is 41.7 Å². The lowest BCUT2D eigenvalue weighted by molar-refractivity contribution is 0.0676. The molecular weight excluding hydrogens is 364 g/mol. The molecule has 1 aromatic heterocycles. The Morgan fingerprint density at radius 3 is 2.90 bits per heavy atom. The molecule has 6 heteroatoms. The highest BCUT2D eigenvalue weighted by Gasteiger charge is 2.17. The van der Waals surface area contributed by atoms with E-state index in [0.717, 1.165) is 49.7 Å². The van der Waals surface area contributed by atoms with Crippen LogP contribution in [-0.4, -0.2) is 43.9 Å². The third-order valence-electron chi connectivity index (χ3n) is 5.16. The molecule has 0 spiro atoms. The number of nitrogens with zero attached hydrogens (tertiary/aromatic N) is 2. The summed E-state index contributed by atoms with van der Waals surface area (Å²) < 4.78 is 11.8. The lowest BCUT2D eigenvalue weighted by Gasteiger charge is -2.17. The van der Waals surface area contributed by atoms with Crippen molar-refractivity contribution in [2.75, 3.05) is 26.8 Å². The number of pyridine rings is 1. The Labute approximate surface area is 173 Å². The first-order chi connectivity index (χ1) is 14.2. The minimum Gasteiger partial charge on any atom is -0.491 e. The van der Waals surface area contributed by atoms with Crippen molar-refractivity contribution < 1.29 is 9.47 Å². The van der Waals surface area contributed by atoms with Gasteiger partial charge in [-0.1, -0.05) is 12.1 Å². The second-order valence-electron chi connectivity index (χ2n) is 7.46. The Balaban J connectivity index is 1.51. The maximum absolute atomic E-state index is 6.09. The van der Waals surface area contributed by atoms with E-state index < -0.39 is 0 Å². The summed E-state index contributed by atoms with van der Waals surface area (Å²) >= 11 is 0. The van der Waals surface area contributed by atoms with Crippen molar-refractivity contribution in [1.29, 1.82) is 0 Å². The highest BCUT2D eigenvalue weighted by molar-refractivity contribution is 5.79. The SMILES string of the molecule is CN=C(NCCc1ccncc1C)NCc1ccc(C)cc1OCC1CCCO1. The van der Waals surface area contributed by atoms with Crippen LogP contribution in [0.4, 0.5) is 0 Å². The average molecular weight is 397 g/mol. The Kier molecular flexibility index (Phi) is 7.87. The molecule has 0 bridgehead atoms. The zero-order valence-corrected chi connectivity index (χ0v) is 17.7. The van der Waals surface area contributed by atoms with Crippen molar-refractivity contribution in [3.63, 3.8) is 0 Å². The van der Waals surface area contributed by atoms with E-state index in [0.29, 0.717) is 13.2 Å². The fourth-order valence-electron chi connectivity index (χ4n) is 3.40. The fourth-order valence-corrected chi connectivity index (χ4v) is 3.40. The summed E-state index contributed by atoms with van der Waals surface area (Å²) in [5.41, 5.74) is 4.81. The molecule has 29 heavy (non-hydrogen) atoms. The number of hydrogen-bond donors (Lipinski definition) is 2. The van der Waals surface area contributed by atoms with E-state index in [4.69, 9.17) is 9.47 Å². The summed E-state index contributed by atoms with van der Waals surface area (Å²) in [6, 6.07) is 8.38. The van der Waals surface area contributed by atoms with Gasteiger partial charge in [-0.3, -0.25) is 9.98 Å². The Morgan fingerprint density at radius 1 is 1.24 bits per heavy atom. The zero-order valence-electron chi connectivity index (χ0n) is 17.7. The van der Waals surface area contributed by atoms with Crippen LogP contribution < -0.4 is 15.4 Å². The number of aromatic nitrogens is 1. The third kappa shape index (κ3) is 6.46. The van der Waals surface area contributed by atoms with E-state index in [9.17, 15) is 0 Å². The van der Waals surface area contributed by atoms with Gasteiger partial charge in [0.15, 0.2) is 5.96 Å². The molecule has 0 amide bonds. The number of aryl methyl sites for hydroxylation is 2. The number of nitrogens with one attached hydrogen (secondary N) is 2. The van der Waals surface area contributed by atoms with Crippen molar-refractivity contribution >= 4 is 5.96 Å². The molecule has 2 N–H and O–H groups in total. The number of guanidine groups is 1. The van der Waals surface area contributed by atoms with Crippen molar-refractivity contribution in [2.45, 2.75) is 45.8 Å². The van der Waals surface area contributed by atoms with Crippen LogP contribution in [0.25, 0.3) is 0 Å². The van der Waals surface area contributed by atoms with Gasteiger partial charge in [-0.15, -0.1) is 0 Å². The highest BCUT2D eigenvalue weighted by atomic mass is 16.5. The molecule has 0 radical (unpaired) electrons. The van der Waals surface area contributed by atoms with Gasteiger partial charge in [0.05, 0.1) is 6.10 Å².